The average molecular weight is 646 g/mol. The number of halogens is 12. The average Bonchev–Trinajstić information content (AvgIpc) is 2.67. The highest BCUT2D eigenvalue weighted by molar-refractivity contribution is 6.27. The Hall–Kier alpha value is -0.790. The first kappa shape index (κ1) is 35.2. The predicted octanol–water partition coefficient (Wildman–Crippen LogP) is 8.27. The van der Waals surface area contributed by atoms with Gasteiger partial charge in [0.05, 0.1) is 0 Å². The molecule has 38 heavy (non-hydrogen) atoms. The maximum atomic E-state index is 14.8. The summed E-state index contributed by atoms with van der Waals surface area (Å²) in [4.78, 5) is 12.1. The summed E-state index contributed by atoms with van der Waals surface area (Å²) in [6.45, 7) is 5.27. The van der Waals surface area contributed by atoms with Gasteiger partial charge in [-0.25, -0.2) is 4.79 Å². The highest BCUT2D eigenvalue weighted by Crippen LogP contribution is 2.58. The van der Waals surface area contributed by atoms with Gasteiger partial charge in [-0.3, -0.25) is 0 Å². The molecule has 0 bridgehead atoms. The van der Waals surface area contributed by atoms with Crippen LogP contribution >= 0.6 is 46.4 Å². The second kappa shape index (κ2) is 11.2. The van der Waals surface area contributed by atoms with Crippen LogP contribution in [0.25, 0.3) is 0 Å². The molecule has 1 aromatic rings. The topological polar surface area (TPSA) is 55.8 Å². The molecule has 4 nitrogen and oxygen atoms in total. The van der Waals surface area contributed by atoms with Crippen molar-refractivity contribution in [3.05, 3.63) is 34.9 Å². The molecule has 1 atom stereocenters. The summed E-state index contributed by atoms with van der Waals surface area (Å²) < 4.78 is 126. The van der Waals surface area contributed by atoms with Crippen molar-refractivity contribution >= 4 is 52.4 Å². The molecule has 0 radical (unpaired) electrons. The highest BCUT2D eigenvalue weighted by atomic mass is 35.5. The molecule has 1 N–H and O–H groups in total. The maximum absolute atomic E-state index is 14.8. The highest BCUT2D eigenvalue weighted by Gasteiger charge is 2.72. The van der Waals surface area contributed by atoms with Crippen molar-refractivity contribution in [3.8, 4) is 0 Å². The van der Waals surface area contributed by atoms with E-state index >= 15 is 0 Å². The lowest BCUT2D eigenvalue weighted by Gasteiger charge is -2.41. The Kier molecular flexibility index (Phi) is 10.4. The molecule has 0 saturated heterocycles. The van der Waals surface area contributed by atoms with E-state index in [1.807, 2.05) is 0 Å². The minimum Gasteiger partial charge on any atom is -0.458 e. The van der Waals surface area contributed by atoms with E-state index in [2.05, 4.69) is 4.74 Å². The van der Waals surface area contributed by atoms with E-state index in [1.54, 1.807) is 0 Å². The smallest absolute Gasteiger partial charge is 0.361 e. The molecule has 0 amide bonds. The minimum atomic E-state index is -5.28. The maximum Gasteiger partial charge on any atom is 0.361 e. The Morgan fingerprint density at radius 2 is 1.26 bits per heavy atom. The van der Waals surface area contributed by atoms with Crippen LogP contribution in [-0.2, 0) is 25.5 Å². The Morgan fingerprint density at radius 1 is 0.842 bits per heavy atom. The molecular weight excluding hydrogens is 622 g/mol. The number of ether oxygens (including phenoxy) is 2. The molecule has 1 rings (SSSR count). The summed E-state index contributed by atoms with van der Waals surface area (Å²) in [5.74, 6) is -2.31. The van der Waals surface area contributed by atoms with Gasteiger partial charge < -0.3 is 14.6 Å². The lowest BCUT2D eigenvalue weighted by atomic mass is 9.82. The molecule has 0 aliphatic heterocycles. The fourth-order valence-corrected chi connectivity index (χ4v) is 4.46. The normalized spacial score (nSPS) is 15.4. The van der Waals surface area contributed by atoms with Gasteiger partial charge in [0.25, 0.3) is 5.60 Å². The lowest BCUT2D eigenvalue weighted by molar-refractivity contribution is -0.254. The quantitative estimate of drug-likeness (QED) is 0.150. The number of hydrogen-bond donors (Lipinski definition) is 1. The predicted molar refractivity (Wildman–Crippen MR) is 126 cm³/mol. The van der Waals surface area contributed by atoms with Gasteiger partial charge in [0.2, 0.25) is 5.60 Å². The molecule has 1 aromatic carbocycles. The van der Waals surface area contributed by atoms with Crippen LogP contribution in [0.5, 0.6) is 0 Å². The summed E-state index contributed by atoms with van der Waals surface area (Å²) in [5, 5.41) is -10.7. The van der Waals surface area contributed by atoms with Crippen molar-refractivity contribution in [1.82, 2.24) is 0 Å². The molecule has 0 saturated carbocycles. The lowest BCUT2D eigenvalue weighted by Crippen LogP contribution is -2.56. The Labute approximate surface area is 233 Å². The third-order valence-electron chi connectivity index (χ3n) is 5.41. The summed E-state index contributed by atoms with van der Waals surface area (Å²) in [6, 6.07) is 0.917. The van der Waals surface area contributed by atoms with E-state index in [0.717, 1.165) is 0 Å². The zero-order chi connectivity index (χ0) is 30.3. The van der Waals surface area contributed by atoms with Gasteiger partial charge in [-0.05, 0) is 102 Å². The van der Waals surface area contributed by atoms with Gasteiger partial charge in [-0.1, -0.05) is 26.0 Å². The summed E-state index contributed by atoms with van der Waals surface area (Å²) >= 11 is 19.5. The first-order valence-corrected chi connectivity index (χ1v) is 12.2. The van der Waals surface area contributed by atoms with Crippen molar-refractivity contribution in [2.45, 2.75) is 85.3 Å². The first-order chi connectivity index (χ1) is 16.7. The van der Waals surface area contributed by atoms with Gasteiger partial charge in [-0.2, -0.15) is 35.1 Å². The van der Waals surface area contributed by atoms with Crippen LogP contribution in [0.1, 0.15) is 63.6 Å². The van der Waals surface area contributed by atoms with Crippen molar-refractivity contribution in [2.75, 3.05) is 6.61 Å². The van der Waals surface area contributed by atoms with Crippen LogP contribution in [0.4, 0.5) is 35.1 Å². The van der Waals surface area contributed by atoms with Crippen LogP contribution in [0, 0.1) is 0 Å². The fourth-order valence-electron chi connectivity index (χ4n) is 3.35. The Morgan fingerprint density at radius 3 is 1.61 bits per heavy atom. The van der Waals surface area contributed by atoms with E-state index in [0.29, 0.717) is 12.1 Å². The van der Waals surface area contributed by atoms with E-state index in [1.165, 1.54) is 34.6 Å². The third-order valence-corrected chi connectivity index (χ3v) is 6.49. The van der Waals surface area contributed by atoms with Gasteiger partial charge in [0.1, 0.15) is 12.2 Å². The van der Waals surface area contributed by atoms with Gasteiger partial charge in [0.15, 0.2) is 0 Å². The van der Waals surface area contributed by atoms with E-state index in [-0.39, 0.29) is 12.5 Å². The molecule has 0 spiro atoms. The van der Waals surface area contributed by atoms with E-state index in [4.69, 9.17) is 51.1 Å². The number of carbonyl (C=O) groups is 1. The molecule has 0 fully saturated rings. The second-order valence-electron chi connectivity index (χ2n) is 9.41. The van der Waals surface area contributed by atoms with Crippen LogP contribution in [0.2, 0.25) is 0 Å². The summed E-state index contributed by atoms with van der Waals surface area (Å²) in [7, 11) is 0. The Bertz CT molecular complexity index is 968. The zero-order valence-electron chi connectivity index (χ0n) is 20.4. The van der Waals surface area contributed by atoms with Gasteiger partial charge in [-0.15, -0.1) is 0 Å². The van der Waals surface area contributed by atoms with Crippen molar-refractivity contribution in [3.63, 3.8) is 0 Å². The number of aliphatic hydroxyl groups is 1. The summed E-state index contributed by atoms with van der Waals surface area (Å²) in [5.41, 5.74) is -14.2. The van der Waals surface area contributed by atoms with E-state index in [9.17, 15) is 45.0 Å². The van der Waals surface area contributed by atoms with Crippen LogP contribution in [0.3, 0.4) is 0 Å². The van der Waals surface area contributed by atoms with Crippen molar-refractivity contribution < 1.29 is 54.5 Å². The summed E-state index contributed by atoms with van der Waals surface area (Å²) in [6.07, 6.45) is 0.0934. The van der Waals surface area contributed by atoms with Gasteiger partial charge >= 0.3 is 27.5 Å². The molecular formula is C22H24Cl4F8O4. The van der Waals surface area contributed by atoms with Crippen LogP contribution < -0.4 is 0 Å². The molecule has 16 heteroatoms. The molecule has 0 aliphatic rings. The third kappa shape index (κ3) is 7.09. The van der Waals surface area contributed by atoms with Gasteiger partial charge in [0, 0.05) is 0 Å². The number of esters is 1. The largest absolute Gasteiger partial charge is 0.458 e. The van der Waals surface area contributed by atoms with Crippen LogP contribution in [0.15, 0.2) is 18.2 Å². The Balaban J connectivity index is 4.16. The minimum absolute atomic E-state index is 0.0934. The molecule has 1 unspecified atom stereocenters. The number of hydrogen-bond acceptors (Lipinski definition) is 4. The standard InChI is InChI=1S/C22H24Cl4F8O4/c1-6-11(2)12-7-13(17(36,19(23,27)28)20(24,29)30)9-14(8-12)18(21(25,31)32,22(26,33)34)37-10-15(35)38-16(3,4)5/h7-9,11,36H,6,10H2,1-5H3. The van der Waals surface area contributed by atoms with E-state index < -0.39 is 73.5 Å². The number of alkyl halides is 12. The molecule has 220 valence electrons. The molecule has 0 aliphatic carbocycles. The van der Waals surface area contributed by atoms with Crippen molar-refractivity contribution in [2.24, 2.45) is 0 Å². The zero-order valence-corrected chi connectivity index (χ0v) is 23.5. The second-order valence-corrected chi connectivity index (χ2v) is 11.3. The molecule has 0 heterocycles. The number of rotatable bonds is 11. The van der Waals surface area contributed by atoms with Crippen LogP contribution in [-0.4, -0.2) is 44.8 Å². The SMILES string of the molecule is CCC(C)c1cc(C(O)(C(F)(F)Cl)C(F)(F)Cl)cc(C(OCC(=O)OC(C)(C)C)(C(F)(F)Cl)C(F)(F)Cl)c1. The molecule has 0 aromatic heterocycles. The number of carbonyl (C=O) groups excluding carboxylic acids is 1. The first-order valence-electron chi connectivity index (χ1n) is 10.7. The number of benzene rings is 1. The fraction of sp³-hybridized carbons (Fsp3) is 0.682. The monoisotopic (exact) mass is 644 g/mol. The van der Waals surface area contributed by atoms with Crippen molar-refractivity contribution in [1.29, 1.82) is 0 Å².